The van der Waals surface area contributed by atoms with Crippen LogP contribution >= 0.6 is 11.3 Å². The first-order valence-corrected chi connectivity index (χ1v) is 9.54. The summed E-state index contributed by atoms with van der Waals surface area (Å²) in [6.07, 6.45) is 1.14. The molecule has 0 bridgehead atoms. The molecule has 1 aliphatic heterocycles. The van der Waals surface area contributed by atoms with Gasteiger partial charge in [0.15, 0.2) is 5.13 Å². The second-order valence-corrected chi connectivity index (χ2v) is 7.73. The van der Waals surface area contributed by atoms with Crippen molar-refractivity contribution in [2.45, 2.75) is 20.3 Å². The predicted molar refractivity (Wildman–Crippen MR) is 102 cm³/mol. The second kappa shape index (κ2) is 7.86. The van der Waals surface area contributed by atoms with E-state index < -0.39 is 0 Å². The molecule has 1 aromatic heterocycles. The fourth-order valence-electron chi connectivity index (χ4n) is 3.33. The van der Waals surface area contributed by atoms with Gasteiger partial charge in [-0.15, -0.1) is 11.3 Å². The zero-order chi connectivity index (χ0) is 18.7. The van der Waals surface area contributed by atoms with E-state index in [-0.39, 0.29) is 11.8 Å². The number of nitrogens with zero attached hydrogens (tertiary/aromatic N) is 2. The second-order valence-electron chi connectivity index (χ2n) is 6.88. The standard InChI is InChI=1S/C19H23N3O3S/c1-12-8-13(2)10-22(9-12)18(24)16-11-26-19(20-16)21-17(23)14-4-6-15(25-3)7-5-14/h4-7,11-13H,8-10H2,1-3H3,(H,20,21,23). The molecular weight excluding hydrogens is 350 g/mol. The predicted octanol–water partition coefficient (Wildman–Crippen LogP) is 3.52. The molecule has 1 aliphatic rings. The summed E-state index contributed by atoms with van der Waals surface area (Å²) in [5.74, 6) is 1.35. The Morgan fingerprint density at radius 3 is 2.46 bits per heavy atom. The first-order valence-electron chi connectivity index (χ1n) is 8.66. The van der Waals surface area contributed by atoms with Crippen molar-refractivity contribution >= 4 is 28.3 Å². The van der Waals surface area contributed by atoms with Crippen molar-refractivity contribution in [1.82, 2.24) is 9.88 Å². The molecule has 0 aliphatic carbocycles. The molecular formula is C19H23N3O3S. The van der Waals surface area contributed by atoms with Crippen molar-refractivity contribution in [1.29, 1.82) is 0 Å². The Morgan fingerprint density at radius 2 is 1.85 bits per heavy atom. The van der Waals surface area contributed by atoms with Gasteiger partial charge in [0.2, 0.25) is 0 Å². The van der Waals surface area contributed by atoms with Crippen LogP contribution < -0.4 is 10.1 Å². The molecule has 2 atom stereocenters. The number of aromatic nitrogens is 1. The molecule has 0 saturated carbocycles. The third-order valence-corrected chi connectivity index (χ3v) is 5.21. The summed E-state index contributed by atoms with van der Waals surface area (Å²) in [5, 5.41) is 4.88. The number of ether oxygens (including phenoxy) is 1. The third kappa shape index (κ3) is 4.22. The SMILES string of the molecule is COc1ccc(C(=O)Nc2nc(C(=O)N3CC(C)CC(C)C3)cs2)cc1. The summed E-state index contributed by atoms with van der Waals surface area (Å²) >= 11 is 1.26. The molecule has 7 heteroatoms. The average Bonchev–Trinajstić information content (AvgIpc) is 3.08. The molecule has 2 aromatic rings. The lowest BCUT2D eigenvalue weighted by Gasteiger charge is -2.34. The molecule has 0 spiro atoms. The molecule has 26 heavy (non-hydrogen) atoms. The summed E-state index contributed by atoms with van der Waals surface area (Å²) in [6.45, 7) is 5.84. The number of likely N-dealkylation sites (tertiary alicyclic amines) is 1. The Bertz CT molecular complexity index is 778. The fourth-order valence-corrected chi connectivity index (χ4v) is 4.01. The van der Waals surface area contributed by atoms with E-state index in [0.29, 0.717) is 34.0 Å². The van der Waals surface area contributed by atoms with E-state index in [1.807, 2.05) is 4.90 Å². The molecule has 2 heterocycles. The van der Waals surface area contributed by atoms with Crippen LogP contribution in [0.3, 0.4) is 0 Å². The first-order chi connectivity index (χ1) is 12.5. The van der Waals surface area contributed by atoms with Gasteiger partial charge in [-0.1, -0.05) is 13.8 Å². The maximum atomic E-state index is 12.7. The molecule has 3 rings (SSSR count). The highest BCUT2D eigenvalue weighted by molar-refractivity contribution is 7.14. The smallest absolute Gasteiger partial charge is 0.273 e. The van der Waals surface area contributed by atoms with Crippen molar-refractivity contribution in [2.75, 3.05) is 25.5 Å². The highest BCUT2D eigenvalue weighted by Gasteiger charge is 2.27. The minimum Gasteiger partial charge on any atom is -0.497 e. The minimum absolute atomic E-state index is 0.0652. The number of carbonyl (C=O) groups is 2. The summed E-state index contributed by atoms with van der Waals surface area (Å²) in [6, 6.07) is 6.82. The number of methoxy groups -OCH3 is 1. The van der Waals surface area contributed by atoms with Crippen LogP contribution in [0.1, 0.15) is 41.1 Å². The Balaban J connectivity index is 1.65. The monoisotopic (exact) mass is 373 g/mol. The van der Waals surface area contributed by atoms with Gasteiger partial charge in [0.25, 0.3) is 11.8 Å². The number of benzene rings is 1. The van der Waals surface area contributed by atoms with Gasteiger partial charge < -0.3 is 9.64 Å². The fraction of sp³-hybridized carbons (Fsp3) is 0.421. The van der Waals surface area contributed by atoms with Crippen LogP contribution in [0.4, 0.5) is 5.13 Å². The minimum atomic E-state index is -0.263. The maximum Gasteiger partial charge on any atom is 0.273 e. The van der Waals surface area contributed by atoms with E-state index in [4.69, 9.17) is 4.74 Å². The molecule has 2 amide bonds. The van der Waals surface area contributed by atoms with Crippen LogP contribution in [0, 0.1) is 11.8 Å². The number of piperidine rings is 1. The van der Waals surface area contributed by atoms with Crippen molar-refractivity contribution in [3.8, 4) is 5.75 Å². The Kier molecular flexibility index (Phi) is 5.56. The summed E-state index contributed by atoms with van der Waals surface area (Å²) in [4.78, 5) is 31.1. The van der Waals surface area contributed by atoms with Gasteiger partial charge in [-0.3, -0.25) is 14.9 Å². The molecule has 2 unspecified atom stereocenters. The topological polar surface area (TPSA) is 71.5 Å². The summed E-state index contributed by atoms with van der Waals surface area (Å²) in [7, 11) is 1.58. The van der Waals surface area contributed by atoms with Crippen LogP contribution in [0.2, 0.25) is 0 Å². The number of thiazole rings is 1. The lowest BCUT2D eigenvalue weighted by atomic mass is 9.92. The van der Waals surface area contributed by atoms with E-state index in [1.54, 1.807) is 36.8 Å². The van der Waals surface area contributed by atoms with Crippen molar-refractivity contribution < 1.29 is 14.3 Å². The van der Waals surface area contributed by atoms with E-state index in [9.17, 15) is 9.59 Å². The number of hydrogen-bond acceptors (Lipinski definition) is 5. The van der Waals surface area contributed by atoms with Gasteiger partial charge in [-0.2, -0.15) is 0 Å². The number of carbonyl (C=O) groups excluding carboxylic acids is 2. The quantitative estimate of drug-likeness (QED) is 0.890. The highest BCUT2D eigenvalue weighted by Crippen LogP contribution is 2.24. The van der Waals surface area contributed by atoms with Crippen LogP contribution in [0.5, 0.6) is 5.75 Å². The average molecular weight is 373 g/mol. The number of rotatable bonds is 4. The van der Waals surface area contributed by atoms with Gasteiger partial charge in [0.1, 0.15) is 11.4 Å². The van der Waals surface area contributed by atoms with Gasteiger partial charge in [0, 0.05) is 24.0 Å². The molecule has 138 valence electrons. The van der Waals surface area contributed by atoms with Gasteiger partial charge in [0.05, 0.1) is 7.11 Å². The normalized spacial score (nSPS) is 19.9. The molecule has 1 saturated heterocycles. The Labute approximate surface area is 157 Å². The maximum absolute atomic E-state index is 12.7. The number of hydrogen-bond donors (Lipinski definition) is 1. The van der Waals surface area contributed by atoms with Crippen LogP contribution in [-0.2, 0) is 0 Å². The molecule has 0 radical (unpaired) electrons. The van der Waals surface area contributed by atoms with E-state index in [2.05, 4.69) is 24.1 Å². The Morgan fingerprint density at radius 1 is 1.19 bits per heavy atom. The highest BCUT2D eigenvalue weighted by atomic mass is 32.1. The van der Waals surface area contributed by atoms with Gasteiger partial charge in [-0.25, -0.2) is 4.98 Å². The number of anilines is 1. The first kappa shape index (κ1) is 18.4. The summed E-state index contributed by atoms with van der Waals surface area (Å²) in [5.41, 5.74) is 0.897. The zero-order valence-electron chi connectivity index (χ0n) is 15.2. The number of amides is 2. The zero-order valence-corrected chi connectivity index (χ0v) is 16.0. The van der Waals surface area contributed by atoms with Crippen LogP contribution in [-0.4, -0.2) is 41.9 Å². The summed E-state index contributed by atoms with van der Waals surface area (Å²) < 4.78 is 5.09. The largest absolute Gasteiger partial charge is 0.497 e. The van der Waals surface area contributed by atoms with Gasteiger partial charge in [-0.05, 0) is 42.5 Å². The molecule has 6 nitrogen and oxygen atoms in total. The van der Waals surface area contributed by atoms with E-state index in [0.717, 1.165) is 19.5 Å². The van der Waals surface area contributed by atoms with E-state index in [1.165, 1.54) is 11.3 Å². The molecule has 1 aromatic carbocycles. The van der Waals surface area contributed by atoms with Gasteiger partial charge >= 0.3 is 0 Å². The van der Waals surface area contributed by atoms with Crippen LogP contribution in [0.25, 0.3) is 0 Å². The third-order valence-electron chi connectivity index (χ3n) is 4.45. The van der Waals surface area contributed by atoms with Crippen LogP contribution in [0.15, 0.2) is 29.6 Å². The number of nitrogens with one attached hydrogen (secondary N) is 1. The van der Waals surface area contributed by atoms with E-state index >= 15 is 0 Å². The van der Waals surface area contributed by atoms with Crippen molar-refractivity contribution in [2.24, 2.45) is 11.8 Å². The lowest BCUT2D eigenvalue weighted by Crippen LogP contribution is -2.42. The lowest BCUT2D eigenvalue weighted by molar-refractivity contribution is 0.0618. The Hall–Kier alpha value is -2.41. The molecule has 1 N–H and O–H groups in total. The van der Waals surface area contributed by atoms with Crippen molar-refractivity contribution in [3.05, 3.63) is 40.9 Å². The molecule has 1 fully saturated rings. The van der Waals surface area contributed by atoms with Crippen molar-refractivity contribution in [3.63, 3.8) is 0 Å².